The number of rotatable bonds is 3. The van der Waals surface area contributed by atoms with Crippen molar-refractivity contribution in [1.29, 1.82) is 0 Å². The first kappa shape index (κ1) is 9.27. The quantitative estimate of drug-likeness (QED) is 0.421. The lowest BCUT2D eigenvalue weighted by Crippen LogP contribution is -2.27. The second-order valence-corrected chi connectivity index (χ2v) is 3.54. The molecule has 0 saturated carbocycles. The number of thiophene rings is 1. The van der Waals surface area contributed by atoms with Gasteiger partial charge in [-0.3, -0.25) is 11.3 Å². The van der Waals surface area contributed by atoms with Gasteiger partial charge in [-0.15, -0.1) is 23.7 Å². The van der Waals surface area contributed by atoms with E-state index in [1.165, 1.54) is 10.4 Å². The summed E-state index contributed by atoms with van der Waals surface area (Å²) in [4.78, 5) is 1.23. The Kier molecular flexibility index (Phi) is 3.30. The Bertz CT molecular complexity index is 285. The van der Waals surface area contributed by atoms with Crippen LogP contribution in [-0.2, 0) is 0 Å². The van der Waals surface area contributed by atoms with Crippen LogP contribution >= 0.6 is 11.3 Å². The summed E-state index contributed by atoms with van der Waals surface area (Å²) in [7, 11) is 0. The second-order valence-electron chi connectivity index (χ2n) is 2.60. The van der Waals surface area contributed by atoms with Crippen molar-refractivity contribution < 1.29 is 0 Å². The van der Waals surface area contributed by atoms with Gasteiger partial charge in [-0.25, -0.2) is 0 Å². The van der Waals surface area contributed by atoms with E-state index in [-0.39, 0.29) is 6.04 Å². The lowest BCUT2D eigenvalue weighted by molar-refractivity contribution is 0.575. The van der Waals surface area contributed by atoms with E-state index in [2.05, 4.69) is 24.3 Å². The smallest absolute Gasteiger partial charge is 0.0664 e. The summed E-state index contributed by atoms with van der Waals surface area (Å²) in [6.07, 6.45) is 5.86. The molecule has 0 saturated heterocycles. The highest BCUT2D eigenvalue weighted by Crippen LogP contribution is 2.24. The lowest BCUT2D eigenvalue weighted by Gasteiger charge is -2.11. The molecule has 0 bridgehead atoms. The Labute approximate surface area is 76.8 Å². The first-order valence-electron chi connectivity index (χ1n) is 3.73. The van der Waals surface area contributed by atoms with Crippen LogP contribution in [0.3, 0.4) is 0 Å². The molecule has 0 aliphatic rings. The second kappa shape index (κ2) is 4.27. The van der Waals surface area contributed by atoms with Crippen LogP contribution in [0.2, 0.25) is 0 Å². The number of aryl methyl sites for hydroxylation is 1. The van der Waals surface area contributed by atoms with Crippen LogP contribution in [0.15, 0.2) is 11.4 Å². The molecule has 2 nitrogen and oxygen atoms in total. The minimum atomic E-state index is 0.106. The van der Waals surface area contributed by atoms with Crippen LogP contribution < -0.4 is 11.3 Å². The van der Waals surface area contributed by atoms with Crippen molar-refractivity contribution in [3.8, 4) is 12.3 Å². The van der Waals surface area contributed by atoms with E-state index in [9.17, 15) is 0 Å². The fraction of sp³-hybridized carbons (Fsp3) is 0.333. The number of hydrazine groups is 1. The minimum Gasteiger partial charge on any atom is -0.271 e. The van der Waals surface area contributed by atoms with Gasteiger partial charge in [0.2, 0.25) is 0 Å². The normalized spacial score (nSPS) is 12.4. The maximum atomic E-state index is 5.38. The van der Waals surface area contributed by atoms with E-state index in [1.54, 1.807) is 11.3 Å². The number of hydrogen-bond donors (Lipinski definition) is 2. The highest BCUT2D eigenvalue weighted by atomic mass is 32.1. The maximum Gasteiger partial charge on any atom is 0.0664 e. The molecule has 64 valence electrons. The third-order valence-corrected chi connectivity index (χ3v) is 2.87. The van der Waals surface area contributed by atoms with Gasteiger partial charge in [0.15, 0.2) is 0 Å². The molecule has 0 spiro atoms. The Hall–Kier alpha value is -0.820. The topological polar surface area (TPSA) is 38.0 Å². The molecule has 1 rings (SSSR count). The minimum absolute atomic E-state index is 0.106. The van der Waals surface area contributed by atoms with Crippen LogP contribution in [0.25, 0.3) is 0 Å². The summed E-state index contributed by atoms with van der Waals surface area (Å²) in [5, 5.41) is 2.05. The van der Waals surface area contributed by atoms with Crippen molar-refractivity contribution in [2.75, 3.05) is 0 Å². The molecule has 3 heteroatoms. The molecular weight excluding hydrogens is 168 g/mol. The Morgan fingerprint density at radius 2 is 2.58 bits per heavy atom. The first-order valence-corrected chi connectivity index (χ1v) is 4.61. The van der Waals surface area contributed by atoms with Crippen molar-refractivity contribution in [2.45, 2.75) is 19.4 Å². The predicted molar refractivity (Wildman–Crippen MR) is 52.6 cm³/mol. The monoisotopic (exact) mass is 180 g/mol. The van der Waals surface area contributed by atoms with Crippen LogP contribution in [0.5, 0.6) is 0 Å². The van der Waals surface area contributed by atoms with E-state index in [4.69, 9.17) is 12.3 Å². The summed E-state index contributed by atoms with van der Waals surface area (Å²) < 4.78 is 0. The van der Waals surface area contributed by atoms with E-state index in [0.717, 1.165) is 0 Å². The summed E-state index contributed by atoms with van der Waals surface area (Å²) in [6.45, 7) is 2.06. The van der Waals surface area contributed by atoms with Gasteiger partial charge >= 0.3 is 0 Å². The number of nitrogens with one attached hydrogen (secondary N) is 1. The molecule has 1 atom stereocenters. The van der Waals surface area contributed by atoms with Gasteiger partial charge in [0.1, 0.15) is 0 Å². The van der Waals surface area contributed by atoms with E-state index < -0.39 is 0 Å². The first-order chi connectivity index (χ1) is 5.79. The van der Waals surface area contributed by atoms with Crippen LogP contribution in [-0.4, -0.2) is 0 Å². The molecule has 0 amide bonds. The molecule has 1 aromatic rings. The molecule has 0 radical (unpaired) electrons. The van der Waals surface area contributed by atoms with Crippen molar-refractivity contribution in [1.82, 2.24) is 5.43 Å². The molecule has 0 aliphatic carbocycles. The fourth-order valence-electron chi connectivity index (χ4n) is 1.09. The Balaban J connectivity index is 2.81. The van der Waals surface area contributed by atoms with Crippen molar-refractivity contribution >= 4 is 11.3 Å². The van der Waals surface area contributed by atoms with Crippen LogP contribution in [0.4, 0.5) is 0 Å². The third kappa shape index (κ3) is 1.86. The molecule has 1 unspecified atom stereocenters. The lowest BCUT2D eigenvalue weighted by atomic mass is 10.1. The SMILES string of the molecule is C#CCC(NN)c1sccc1C. The standard InChI is InChI=1S/C9H12N2S/c1-3-4-8(11-10)9-7(2)5-6-12-9/h1,5-6,8,11H,4,10H2,2H3. The van der Waals surface area contributed by atoms with Gasteiger partial charge < -0.3 is 0 Å². The van der Waals surface area contributed by atoms with Crippen LogP contribution in [0.1, 0.15) is 22.9 Å². The average molecular weight is 180 g/mol. The molecule has 1 heterocycles. The molecule has 1 aromatic heterocycles. The third-order valence-electron chi connectivity index (χ3n) is 1.74. The highest BCUT2D eigenvalue weighted by Gasteiger charge is 2.11. The molecule has 0 aliphatic heterocycles. The summed E-state index contributed by atoms with van der Waals surface area (Å²) >= 11 is 1.68. The van der Waals surface area contributed by atoms with Gasteiger partial charge in [0, 0.05) is 11.3 Å². The van der Waals surface area contributed by atoms with E-state index in [0.29, 0.717) is 6.42 Å². The molecule has 12 heavy (non-hydrogen) atoms. The summed E-state index contributed by atoms with van der Waals surface area (Å²) in [5.41, 5.74) is 3.96. The van der Waals surface area contributed by atoms with Gasteiger partial charge in [0.25, 0.3) is 0 Å². The largest absolute Gasteiger partial charge is 0.271 e. The Morgan fingerprint density at radius 1 is 1.83 bits per heavy atom. The average Bonchev–Trinajstić information content (AvgIpc) is 2.47. The van der Waals surface area contributed by atoms with E-state index >= 15 is 0 Å². The fourth-order valence-corrected chi connectivity index (χ4v) is 2.07. The van der Waals surface area contributed by atoms with Gasteiger partial charge in [-0.2, -0.15) is 0 Å². The molecule has 3 N–H and O–H groups in total. The molecule has 0 aromatic carbocycles. The number of nitrogens with two attached hydrogens (primary N) is 1. The van der Waals surface area contributed by atoms with Gasteiger partial charge in [-0.05, 0) is 23.9 Å². The molecular formula is C9H12N2S. The van der Waals surface area contributed by atoms with Crippen molar-refractivity contribution in [3.05, 3.63) is 21.9 Å². The van der Waals surface area contributed by atoms with Crippen molar-refractivity contribution in [2.24, 2.45) is 5.84 Å². The Morgan fingerprint density at radius 3 is 3.00 bits per heavy atom. The van der Waals surface area contributed by atoms with E-state index in [1.807, 2.05) is 5.38 Å². The zero-order valence-corrected chi connectivity index (χ0v) is 7.82. The highest BCUT2D eigenvalue weighted by molar-refractivity contribution is 7.10. The zero-order valence-electron chi connectivity index (χ0n) is 7.00. The van der Waals surface area contributed by atoms with Gasteiger partial charge in [0.05, 0.1) is 6.04 Å². The number of hydrogen-bond acceptors (Lipinski definition) is 3. The maximum absolute atomic E-state index is 5.38. The van der Waals surface area contributed by atoms with Crippen LogP contribution in [0, 0.1) is 19.3 Å². The van der Waals surface area contributed by atoms with Crippen molar-refractivity contribution in [3.63, 3.8) is 0 Å². The number of terminal acetylenes is 1. The van der Waals surface area contributed by atoms with Gasteiger partial charge in [-0.1, -0.05) is 0 Å². The predicted octanol–water partition coefficient (Wildman–Crippen LogP) is 1.58. The summed E-state index contributed by atoms with van der Waals surface area (Å²) in [5.74, 6) is 7.98. The zero-order chi connectivity index (χ0) is 8.97. The molecule has 0 fully saturated rings. The summed E-state index contributed by atoms with van der Waals surface area (Å²) in [6, 6.07) is 2.18.